The fourth-order valence-corrected chi connectivity index (χ4v) is 1.92. The summed E-state index contributed by atoms with van der Waals surface area (Å²) in [5.74, 6) is 1.75. The molecule has 0 spiro atoms. The van der Waals surface area contributed by atoms with Crippen LogP contribution in [0, 0.1) is 0 Å². The minimum atomic E-state index is -0.113. The Hall–Kier alpha value is -2.16. The van der Waals surface area contributed by atoms with Crippen molar-refractivity contribution in [3.8, 4) is 11.5 Å². The number of methoxy groups -OCH3 is 1. The zero-order valence-corrected chi connectivity index (χ0v) is 9.51. The first-order valence-electron chi connectivity index (χ1n) is 5.53. The van der Waals surface area contributed by atoms with Crippen molar-refractivity contribution in [2.75, 3.05) is 12.4 Å². The van der Waals surface area contributed by atoms with E-state index in [0.29, 0.717) is 0 Å². The quantitative estimate of drug-likeness (QED) is 0.854. The molecule has 3 heteroatoms. The van der Waals surface area contributed by atoms with Crippen LogP contribution in [0.1, 0.15) is 11.8 Å². The van der Waals surface area contributed by atoms with Gasteiger partial charge in [0, 0.05) is 5.56 Å². The van der Waals surface area contributed by atoms with Crippen molar-refractivity contribution in [2.45, 2.75) is 6.23 Å². The lowest BCUT2D eigenvalue weighted by atomic mass is 10.2. The molecular formula is C14H13NO2. The molecule has 2 aromatic carbocycles. The molecule has 86 valence electrons. The van der Waals surface area contributed by atoms with Gasteiger partial charge >= 0.3 is 0 Å². The largest absolute Gasteiger partial charge is 0.497 e. The highest BCUT2D eigenvalue weighted by atomic mass is 16.5. The van der Waals surface area contributed by atoms with E-state index in [-0.39, 0.29) is 6.23 Å². The van der Waals surface area contributed by atoms with Gasteiger partial charge in [-0.25, -0.2) is 0 Å². The van der Waals surface area contributed by atoms with Crippen LogP contribution < -0.4 is 14.8 Å². The van der Waals surface area contributed by atoms with Crippen molar-refractivity contribution in [3.05, 3.63) is 54.1 Å². The van der Waals surface area contributed by atoms with Crippen LogP contribution in [0.15, 0.2) is 48.5 Å². The van der Waals surface area contributed by atoms with E-state index in [0.717, 1.165) is 22.7 Å². The van der Waals surface area contributed by atoms with Crippen molar-refractivity contribution >= 4 is 5.69 Å². The van der Waals surface area contributed by atoms with Crippen LogP contribution in [0.3, 0.4) is 0 Å². The Bertz CT molecular complexity index is 497. The maximum atomic E-state index is 5.81. The monoisotopic (exact) mass is 227 g/mol. The van der Waals surface area contributed by atoms with Crippen LogP contribution in [-0.4, -0.2) is 7.11 Å². The molecule has 0 aliphatic carbocycles. The highest BCUT2D eigenvalue weighted by Gasteiger charge is 2.22. The number of ether oxygens (including phenoxy) is 2. The highest BCUT2D eigenvalue weighted by Crippen LogP contribution is 2.37. The summed E-state index contributed by atoms with van der Waals surface area (Å²) in [6.45, 7) is 0. The molecule has 2 aromatic rings. The molecule has 0 saturated heterocycles. The van der Waals surface area contributed by atoms with Gasteiger partial charge in [0.2, 0.25) is 0 Å². The first-order valence-corrected chi connectivity index (χ1v) is 5.53. The van der Waals surface area contributed by atoms with E-state index >= 15 is 0 Å². The molecule has 1 atom stereocenters. The van der Waals surface area contributed by atoms with Crippen molar-refractivity contribution in [1.82, 2.24) is 0 Å². The third kappa shape index (κ3) is 1.80. The van der Waals surface area contributed by atoms with E-state index in [4.69, 9.17) is 9.47 Å². The molecule has 0 radical (unpaired) electrons. The minimum absolute atomic E-state index is 0.113. The average Bonchev–Trinajstić information content (AvgIpc) is 2.82. The summed E-state index contributed by atoms with van der Waals surface area (Å²) in [5.41, 5.74) is 2.12. The van der Waals surface area contributed by atoms with Crippen LogP contribution in [-0.2, 0) is 0 Å². The van der Waals surface area contributed by atoms with E-state index in [2.05, 4.69) is 5.32 Å². The minimum Gasteiger partial charge on any atom is -0.497 e. The summed E-state index contributed by atoms with van der Waals surface area (Å²) in [6, 6.07) is 15.8. The number of rotatable bonds is 2. The molecule has 0 amide bonds. The Morgan fingerprint density at radius 1 is 1.06 bits per heavy atom. The highest BCUT2D eigenvalue weighted by molar-refractivity contribution is 5.60. The zero-order valence-electron chi connectivity index (χ0n) is 9.51. The number of benzene rings is 2. The fourth-order valence-electron chi connectivity index (χ4n) is 1.92. The Labute approximate surface area is 100.0 Å². The van der Waals surface area contributed by atoms with Crippen LogP contribution in [0.4, 0.5) is 5.69 Å². The lowest BCUT2D eigenvalue weighted by Gasteiger charge is -2.11. The van der Waals surface area contributed by atoms with Gasteiger partial charge in [0.05, 0.1) is 12.8 Å². The summed E-state index contributed by atoms with van der Waals surface area (Å²) in [7, 11) is 1.66. The standard InChI is InChI=1S/C14H13NO2/c1-16-11-8-6-10(7-9-11)14-15-12-4-2-3-5-13(12)17-14/h2-9,14-15H,1H3/t14-/m1/s1. The lowest BCUT2D eigenvalue weighted by molar-refractivity contribution is 0.259. The van der Waals surface area contributed by atoms with Gasteiger partial charge in [-0.3, -0.25) is 0 Å². The SMILES string of the molecule is COc1ccc([C@@H]2Nc3ccccc3O2)cc1. The van der Waals surface area contributed by atoms with Crippen molar-refractivity contribution < 1.29 is 9.47 Å². The van der Waals surface area contributed by atoms with Gasteiger partial charge in [-0.15, -0.1) is 0 Å². The maximum Gasteiger partial charge on any atom is 0.196 e. The number of nitrogens with one attached hydrogen (secondary N) is 1. The van der Waals surface area contributed by atoms with Gasteiger partial charge in [0.15, 0.2) is 6.23 Å². The van der Waals surface area contributed by atoms with Gasteiger partial charge in [0.25, 0.3) is 0 Å². The molecule has 0 unspecified atom stereocenters. The number of hydrogen-bond donors (Lipinski definition) is 1. The van der Waals surface area contributed by atoms with Crippen LogP contribution >= 0.6 is 0 Å². The zero-order chi connectivity index (χ0) is 11.7. The second kappa shape index (κ2) is 4.01. The van der Waals surface area contributed by atoms with Crippen LogP contribution in [0.5, 0.6) is 11.5 Å². The number of anilines is 1. The fraction of sp³-hybridized carbons (Fsp3) is 0.143. The molecule has 1 N–H and O–H groups in total. The lowest BCUT2D eigenvalue weighted by Crippen LogP contribution is -2.09. The summed E-state index contributed by atoms with van der Waals surface area (Å²) in [5, 5.41) is 3.33. The molecular weight excluding hydrogens is 214 g/mol. The van der Waals surface area contributed by atoms with Gasteiger partial charge in [-0.1, -0.05) is 12.1 Å². The molecule has 1 heterocycles. The predicted octanol–water partition coefficient (Wildman–Crippen LogP) is 3.20. The molecule has 3 nitrogen and oxygen atoms in total. The molecule has 1 aliphatic rings. The molecule has 3 rings (SSSR count). The van der Waals surface area contributed by atoms with E-state index in [9.17, 15) is 0 Å². The molecule has 1 aliphatic heterocycles. The first-order chi connectivity index (χ1) is 8.36. The molecule has 17 heavy (non-hydrogen) atoms. The maximum absolute atomic E-state index is 5.81. The second-order valence-corrected chi connectivity index (χ2v) is 3.91. The Morgan fingerprint density at radius 3 is 2.53 bits per heavy atom. The summed E-state index contributed by atoms with van der Waals surface area (Å²) >= 11 is 0. The Morgan fingerprint density at radius 2 is 1.82 bits per heavy atom. The Kier molecular flexibility index (Phi) is 2.37. The Balaban J connectivity index is 1.83. The summed E-state index contributed by atoms with van der Waals surface area (Å²) in [4.78, 5) is 0. The molecule has 0 saturated carbocycles. The molecule has 0 fully saturated rings. The normalized spacial score (nSPS) is 16.9. The van der Waals surface area contributed by atoms with E-state index in [1.54, 1.807) is 7.11 Å². The molecule has 0 bridgehead atoms. The topological polar surface area (TPSA) is 30.5 Å². The van der Waals surface area contributed by atoms with Crippen LogP contribution in [0.2, 0.25) is 0 Å². The van der Waals surface area contributed by atoms with E-state index in [1.807, 2.05) is 48.5 Å². The van der Waals surface area contributed by atoms with Gasteiger partial charge in [0.1, 0.15) is 11.5 Å². The predicted molar refractivity (Wildman–Crippen MR) is 66.4 cm³/mol. The summed E-state index contributed by atoms with van der Waals surface area (Å²) < 4.78 is 10.9. The van der Waals surface area contributed by atoms with Gasteiger partial charge < -0.3 is 14.8 Å². The molecule has 0 aromatic heterocycles. The first kappa shape index (κ1) is 10.0. The third-order valence-electron chi connectivity index (χ3n) is 2.84. The van der Waals surface area contributed by atoms with Crippen molar-refractivity contribution in [1.29, 1.82) is 0 Å². The second-order valence-electron chi connectivity index (χ2n) is 3.91. The third-order valence-corrected chi connectivity index (χ3v) is 2.84. The average molecular weight is 227 g/mol. The summed E-state index contributed by atoms with van der Waals surface area (Å²) in [6.07, 6.45) is -0.113. The van der Waals surface area contributed by atoms with Crippen molar-refractivity contribution in [3.63, 3.8) is 0 Å². The van der Waals surface area contributed by atoms with Gasteiger partial charge in [-0.2, -0.15) is 0 Å². The van der Waals surface area contributed by atoms with E-state index in [1.165, 1.54) is 0 Å². The smallest absolute Gasteiger partial charge is 0.196 e. The van der Waals surface area contributed by atoms with Gasteiger partial charge in [-0.05, 0) is 36.4 Å². The number of hydrogen-bond acceptors (Lipinski definition) is 3. The number of fused-ring (bicyclic) bond motifs is 1. The van der Waals surface area contributed by atoms with Crippen molar-refractivity contribution in [2.24, 2.45) is 0 Å². The van der Waals surface area contributed by atoms with E-state index < -0.39 is 0 Å². The number of para-hydroxylation sites is 2. The van der Waals surface area contributed by atoms with Crippen LogP contribution in [0.25, 0.3) is 0 Å².